The van der Waals surface area contributed by atoms with Gasteiger partial charge in [0.05, 0.1) is 12.7 Å². The lowest BCUT2D eigenvalue weighted by Gasteiger charge is -2.36. The molecule has 1 heterocycles. The minimum absolute atomic E-state index is 0.0642. The normalized spacial score (nSPS) is 27.6. The third-order valence-corrected chi connectivity index (χ3v) is 4.48. The first-order chi connectivity index (χ1) is 10.5. The molecule has 1 saturated carbocycles. The fourth-order valence-corrected chi connectivity index (χ4v) is 3.15. The minimum Gasteiger partial charge on any atom is -0.464 e. The van der Waals surface area contributed by atoms with Gasteiger partial charge in [0, 0.05) is 6.42 Å². The van der Waals surface area contributed by atoms with Crippen LogP contribution in [0.15, 0.2) is 0 Å². The van der Waals surface area contributed by atoms with E-state index < -0.39 is 17.5 Å². The van der Waals surface area contributed by atoms with E-state index in [9.17, 15) is 14.4 Å². The summed E-state index contributed by atoms with van der Waals surface area (Å²) in [6, 6.07) is 1.43. The fourth-order valence-electron chi connectivity index (χ4n) is 3.15. The summed E-state index contributed by atoms with van der Waals surface area (Å²) in [5.41, 5.74) is -0.851. The van der Waals surface area contributed by atoms with E-state index in [2.05, 4.69) is 5.32 Å². The highest BCUT2D eigenvalue weighted by Gasteiger charge is 2.55. The van der Waals surface area contributed by atoms with E-state index in [1.807, 2.05) is 13.0 Å². The number of nitriles is 1. The summed E-state index contributed by atoms with van der Waals surface area (Å²) in [7, 11) is 0. The fraction of sp³-hybridized carbons (Fsp3) is 0.733. The summed E-state index contributed by atoms with van der Waals surface area (Å²) in [5.74, 6) is -0.880. The lowest BCUT2D eigenvalue weighted by atomic mass is 9.73. The van der Waals surface area contributed by atoms with Gasteiger partial charge in [0.15, 0.2) is 0 Å². The van der Waals surface area contributed by atoms with Crippen LogP contribution in [0.1, 0.15) is 45.4 Å². The highest BCUT2D eigenvalue weighted by Crippen LogP contribution is 2.38. The van der Waals surface area contributed by atoms with Gasteiger partial charge in [0.25, 0.3) is 5.91 Å². The van der Waals surface area contributed by atoms with Crippen LogP contribution in [0, 0.1) is 17.2 Å². The van der Waals surface area contributed by atoms with E-state index >= 15 is 0 Å². The molecule has 7 nitrogen and oxygen atoms in total. The van der Waals surface area contributed by atoms with Crippen LogP contribution in [0.3, 0.4) is 0 Å². The number of hydrogen-bond donors (Lipinski definition) is 1. The summed E-state index contributed by atoms with van der Waals surface area (Å²) < 4.78 is 4.94. The third-order valence-electron chi connectivity index (χ3n) is 4.48. The number of hydrogen-bond acceptors (Lipinski definition) is 5. The van der Waals surface area contributed by atoms with Crippen molar-refractivity contribution in [3.63, 3.8) is 0 Å². The molecule has 22 heavy (non-hydrogen) atoms. The molecule has 1 spiro atoms. The molecular weight excluding hydrogens is 286 g/mol. The number of esters is 1. The molecule has 7 heteroatoms. The number of unbranched alkanes of at least 4 members (excludes halogenated alkanes) is 1. The molecule has 1 aliphatic heterocycles. The van der Waals surface area contributed by atoms with Gasteiger partial charge >= 0.3 is 12.0 Å². The molecule has 120 valence electrons. The molecule has 2 unspecified atom stereocenters. The van der Waals surface area contributed by atoms with Crippen LogP contribution in [-0.4, -0.2) is 41.5 Å². The second-order valence-electron chi connectivity index (χ2n) is 5.92. The summed E-state index contributed by atoms with van der Waals surface area (Å²) in [4.78, 5) is 37.3. The van der Waals surface area contributed by atoms with Crippen molar-refractivity contribution in [3.05, 3.63) is 0 Å². The number of carbonyl (C=O) groups excluding carboxylic acids is 3. The first-order valence-corrected chi connectivity index (χ1v) is 7.68. The number of amides is 3. The number of ether oxygens (including phenoxy) is 1. The topological polar surface area (TPSA) is 99.5 Å². The first kappa shape index (κ1) is 16.3. The number of imide groups is 1. The Morgan fingerprint density at radius 2 is 2.27 bits per heavy atom. The Labute approximate surface area is 129 Å². The van der Waals surface area contributed by atoms with Crippen LogP contribution in [0.5, 0.6) is 0 Å². The summed E-state index contributed by atoms with van der Waals surface area (Å²) in [6.45, 7) is 1.71. The smallest absolute Gasteiger partial charge is 0.326 e. The SMILES string of the molecule is CC1CCCCC12NC(=O)N(CC(=O)OCCCC#N)C2=O. The third kappa shape index (κ3) is 3.06. The second kappa shape index (κ2) is 6.77. The molecule has 1 saturated heterocycles. The first-order valence-electron chi connectivity index (χ1n) is 7.68. The van der Waals surface area contributed by atoms with E-state index in [4.69, 9.17) is 10.00 Å². The van der Waals surface area contributed by atoms with Crippen LogP contribution >= 0.6 is 0 Å². The Balaban J connectivity index is 1.95. The Kier molecular flexibility index (Phi) is 5.01. The number of carbonyl (C=O) groups is 3. The Hall–Kier alpha value is -2.10. The van der Waals surface area contributed by atoms with Crippen molar-refractivity contribution in [1.82, 2.24) is 10.2 Å². The van der Waals surface area contributed by atoms with Crippen molar-refractivity contribution < 1.29 is 19.1 Å². The van der Waals surface area contributed by atoms with Gasteiger partial charge in [-0.2, -0.15) is 5.26 Å². The summed E-state index contributed by atoms with van der Waals surface area (Å²) >= 11 is 0. The number of urea groups is 1. The van der Waals surface area contributed by atoms with Crippen molar-refractivity contribution in [1.29, 1.82) is 5.26 Å². The highest BCUT2D eigenvalue weighted by atomic mass is 16.5. The second-order valence-corrected chi connectivity index (χ2v) is 5.92. The van der Waals surface area contributed by atoms with Crippen LogP contribution < -0.4 is 5.32 Å². The molecule has 0 bridgehead atoms. The van der Waals surface area contributed by atoms with E-state index in [0.29, 0.717) is 19.3 Å². The molecule has 0 aromatic rings. The Bertz CT molecular complexity index is 513. The predicted molar refractivity (Wildman–Crippen MR) is 76.4 cm³/mol. The van der Waals surface area contributed by atoms with Gasteiger partial charge < -0.3 is 10.1 Å². The molecule has 2 fully saturated rings. The van der Waals surface area contributed by atoms with Gasteiger partial charge in [-0.25, -0.2) is 4.79 Å². The number of nitrogens with zero attached hydrogens (tertiary/aromatic N) is 2. The van der Waals surface area contributed by atoms with Crippen LogP contribution in [-0.2, 0) is 14.3 Å². The van der Waals surface area contributed by atoms with Crippen LogP contribution in [0.4, 0.5) is 4.79 Å². The van der Waals surface area contributed by atoms with Gasteiger partial charge in [-0.1, -0.05) is 19.8 Å². The van der Waals surface area contributed by atoms with Crippen molar-refractivity contribution >= 4 is 17.9 Å². The number of rotatable bonds is 5. The van der Waals surface area contributed by atoms with Crippen LogP contribution in [0.25, 0.3) is 0 Å². The average Bonchev–Trinajstić information content (AvgIpc) is 2.72. The minimum atomic E-state index is -0.851. The van der Waals surface area contributed by atoms with Crippen molar-refractivity contribution in [2.24, 2.45) is 5.92 Å². The van der Waals surface area contributed by atoms with E-state index in [-0.39, 0.29) is 25.0 Å². The summed E-state index contributed by atoms with van der Waals surface area (Å²) in [5, 5.41) is 11.2. The van der Waals surface area contributed by atoms with Crippen molar-refractivity contribution in [2.45, 2.75) is 51.0 Å². The molecule has 1 aliphatic carbocycles. The Morgan fingerprint density at radius 1 is 1.50 bits per heavy atom. The van der Waals surface area contributed by atoms with Crippen molar-refractivity contribution in [3.8, 4) is 6.07 Å². The van der Waals surface area contributed by atoms with Gasteiger partial charge in [-0.05, 0) is 25.2 Å². The van der Waals surface area contributed by atoms with Crippen molar-refractivity contribution in [2.75, 3.05) is 13.2 Å². The average molecular weight is 307 g/mol. The quantitative estimate of drug-likeness (QED) is 0.469. The molecule has 0 aromatic heterocycles. The predicted octanol–water partition coefficient (Wildman–Crippen LogP) is 1.33. The molecule has 1 N–H and O–H groups in total. The molecular formula is C15H21N3O4. The van der Waals surface area contributed by atoms with Gasteiger partial charge in [0.1, 0.15) is 12.1 Å². The molecule has 0 aromatic carbocycles. The van der Waals surface area contributed by atoms with Crippen LogP contribution in [0.2, 0.25) is 0 Å². The zero-order valence-electron chi connectivity index (χ0n) is 12.8. The van der Waals surface area contributed by atoms with E-state index in [1.54, 1.807) is 0 Å². The molecule has 2 rings (SSSR count). The van der Waals surface area contributed by atoms with Gasteiger partial charge in [-0.3, -0.25) is 14.5 Å². The monoisotopic (exact) mass is 307 g/mol. The maximum Gasteiger partial charge on any atom is 0.326 e. The zero-order chi connectivity index (χ0) is 16.2. The maximum atomic E-state index is 12.6. The van der Waals surface area contributed by atoms with Gasteiger partial charge in [-0.15, -0.1) is 0 Å². The zero-order valence-corrected chi connectivity index (χ0v) is 12.8. The van der Waals surface area contributed by atoms with E-state index in [0.717, 1.165) is 24.2 Å². The number of nitrogens with one attached hydrogen (secondary N) is 1. The standard InChI is InChI=1S/C15H21N3O4/c1-11-6-2-3-7-15(11)13(20)18(14(21)17-15)10-12(19)22-9-5-4-8-16/h11H,2-7,9-10H2,1H3,(H,17,21). The van der Waals surface area contributed by atoms with Gasteiger partial charge in [0.2, 0.25) is 0 Å². The lowest BCUT2D eigenvalue weighted by molar-refractivity contribution is -0.148. The highest BCUT2D eigenvalue weighted by molar-refractivity contribution is 6.08. The molecule has 0 radical (unpaired) electrons. The Morgan fingerprint density at radius 3 is 2.95 bits per heavy atom. The van der Waals surface area contributed by atoms with E-state index in [1.165, 1.54) is 0 Å². The maximum absolute atomic E-state index is 12.6. The summed E-state index contributed by atoms with van der Waals surface area (Å²) in [6.07, 6.45) is 4.20. The molecule has 3 amide bonds. The molecule has 2 aliphatic rings. The molecule has 2 atom stereocenters. The lowest BCUT2D eigenvalue weighted by Crippen LogP contribution is -2.54. The largest absolute Gasteiger partial charge is 0.464 e.